The molecule has 1 heterocycles. The van der Waals surface area contributed by atoms with E-state index in [2.05, 4.69) is 15.8 Å². The average Bonchev–Trinajstić information content (AvgIpc) is 3.07. The summed E-state index contributed by atoms with van der Waals surface area (Å²) in [6.07, 6.45) is 8.13. The number of rotatable bonds is 14. The second kappa shape index (κ2) is 13.5. The first-order valence-electron chi connectivity index (χ1n) is 7.63. The number of methoxy groups -OCH3 is 1. The van der Waals surface area contributed by atoms with Gasteiger partial charge in [0.1, 0.15) is 6.61 Å². The summed E-state index contributed by atoms with van der Waals surface area (Å²) in [7, 11) is 1.33. The van der Waals surface area contributed by atoms with Crippen molar-refractivity contribution in [3.8, 4) is 12.3 Å². The number of nitrogens with zero attached hydrogens (tertiary/aromatic N) is 2. The van der Waals surface area contributed by atoms with Gasteiger partial charge < -0.3 is 23.7 Å². The lowest BCUT2D eigenvalue weighted by Gasteiger charge is -2.07. The van der Waals surface area contributed by atoms with Gasteiger partial charge >= 0.3 is 5.97 Å². The molecule has 0 unspecified atom stereocenters. The number of hydrogen-bond donors (Lipinski definition) is 0. The third-order valence-electron chi connectivity index (χ3n) is 2.82. The van der Waals surface area contributed by atoms with Crippen molar-refractivity contribution in [2.75, 3.05) is 60.0 Å². The molecule has 0 aliphatic heterocycles. The molecule has 8 heteroatoms. The quantitative estimate of drug-likeness (QED) is 0.275. The molecule has 0 atom stereocenters. The molecule has 0 fully saturated rings. The predicted molar refractivity (Wildman–Crippen MR) is 85.7 cm³/mol. The van der Waals surface area contributed by atoms with Gasteiger partial charge in [-0.1, -0.05) is 5.92 Å². The Morgan fingerprint density at radius 3 is 2.25 bits per heavy atom. The molecule has 1 aromatic heterocycles. The molecular weight excluding hydrogens is 316 g/mol. The van der Waals surface area contributed by atoms with Gasteiger partial charge in [0.05, 0.1) is 71.7 Å². The van der Waals surface area contributed by atoms with Crippen molar-refractivity contribution in [2.45, 2.75) is 6.54 Å². The van der Waals surface area contributed by atoms with Crippen LogP contribution in [0, 0.1) is 12.3 Å². The second-order valence-corrected chi connectivity index (χ2v) is 4.58. The van der Waals surface area contributed by atoms with Crippen LogP contribution in [0.25, 0.3) is 0 Å². The highest BCUT2D eigenvalue weighted by Crippen LogP contribution is 1.99. The maximum Gasteiger partial charge on any atom is 0.341 e. The van der Waals surface area contributed by atoms with E-state index in [1.807, 2.05) is 0 Å². The van der Waals surface area contributed by atoms with Gasteiger partial charge in [-0.25, -0.2) is 4.79 Å². The molecule has 0 bridgehead atoms. The van der Waals surface area contributed by atoms with Crippen LogP contribution >= 0.6 is 0 Å². The number of carbonyl (C=O) groups excluding carboxylic acids is 1. The van der Waals surface area contributed by atoms with Crippen LogP contribution in [0.2, 0.25) is 0 Å². The van der Waals surface area contributed by atoms with Crippen molar-refractivity contribution in [1.29, 1.82) is 0 Å². The molecule has 1 aromatic rings. The summed E-state index contributed by atoms with van der Waals surface area (Å²) < 4.78 is 27.4. The lowest BCUT2D eigenvalue weighted by Crippen LogP contribution is -2.13. The average molecular weight is 340 g/mol. The van der Waals surface area contributed by atoms with Crippen molar-refractivity contribution in [3.63, 3.8) is 0 Å². The minimum Gasteiger partial charge on any atom is -0.465 e. The zero-order valence-corrected chi connectivity index (χ0v) is 13.9. The Kier molecular flexibility index (Phi) is 11.3. The van der Waals surface area contributed by atoms with E-state index in [-0.39, 0.29) is 0 Å². The van der Waals surface area contributed by atoms with Crippen molar-refractivity contribution < 1.29 is 28.5 Å². The number of carbonyl (C=O) groups is 1. The third kappa shape index (κ3) is 9.27. The maximum absolute atomic E-state index is 11.3. The van der Waals surface area contributed by atoms with Gasteiger partial charge in [-0.15, -0.1) is 6.42 Å². The van der Waals surface area contributed by atoms with Crippen LogP contribution in [0.4, 0.5) is 0 Å². The van der Waals surface area contributed by atoms with E-state index in [0.717, 1.165) is 0 Å². The van der Waals surface area contributed by atoms with Gasteiger partial charge in [-0.3, -0.25) is 4.68 Å². The molecule has 0 saturated carbocycles. The highest BCUT2D eigenvalue weighted by molar-refractivity contribution is 5.88. The summed E-state index contributed by atoms with van der Waals surface area (Å²) >= 11 is 0. The van der Waals surface area contributed by atoms with Crippen LogP contribution in [0.15, 0.2) is 12.4 Å². The van der Waals surface area contributed by atoms with Crippen molar-refractivity contribution in [2.24, 2.45) is 0 Å². The molecule has 0 saturated heterocycles. The monoisotopic (exact) mass is 340 g/mol. The Hall–Kier alpha value is -1.92. The molecule has 134 valence electrons. The molecule has 24 heavy (non-hydrogen) atoms. The number of esters is 1. The number of aromatic nitrogens is 2. The summed E-state index contributed by atoms with van der Waals surface area (Å²) in [5.74, 6) is 1.98. The maximum atomic E-state index is 11.3. The van der Waals surface area contributed by atoms with Crippen LogP contribution in [-0.4, -0.2) is 75.7 Å². The summed E-state index contributed by atoms with van der Waals surface area (Å²) in [6.45, 7) is 4.30. The predicted octanol–water partition coefficient (Wildman–Crippen LogP) is 0.369. The van der Waals surface area contributed by atoms with Crippen LogP contribution in [-0.2, 0) is 30.2 Å². The first kappa shape index (κ1) is 20.1. The first-order chi connectivity index (χ1) is 11.8. The van der Waals surface area contributed by atoms with E-state index in [1.54, 1.807) is 10.9 Å². The molecule has 0 amide bonds. The Bertz CT molecular complexity index is 497. The summed E-state index contributed by atoms with van der Waals surface area (Å²) in [5, 5.41) is 4.05. The second-order valence-electron chi connectivity index (χ2n) is 4.58. The highest BCUT2D eigenvalue weighted by atomic mass is 16.6. The van der Waals surface area contributed by atoms with Crippen molar-refractivity contribution in [3.05, 3.63) is 18.0 Å². The molecular formula is C16H24N2O6. The fourth-order valence-corrected chi connectivity index (χ4v) is 1.66. The highest BCUT2D eigenvalue weighted by Gasteiger charge is 2.07. The van der Waals surface area contributed by atoms with E-state index >= 15 is 0 Å². The molecule has 0 radical (unpaired) electrons. The zero-order valence-electron chi connectivity index (χ0n) is 13.9. The molecule has 8 nitrogen and oxygen atoms in total. The van der Waals surface area contributed by atoms with E-state index in [4.69, 9.17) is 25.4 Å². The van der Waals surface area contributed by atoms with Gasteiger partial charge in [0.25, 0.3) is 0 Å². The standard InChI is InChI=1S/C16H24N2O6/c1-3-5-21-7-9-23-11-12-24-10-8-22-6-4-18-14-15(13-17-18)16(19)20-2/h1,13-14H,4-12H2,2H3. The topological polar surface area (TPSA) is 81.0 Å². The Labute approximate surface area is 142 Å². The van der Waals surface area contributed by atoms with Crippen LogP contribution in [0.3, 0.4) is 0 Å². The molecule has 0 N–H and O–H groups in total. The lowest BCUT2D eigenvalue weighted by atomic mass is 10.4. The Balaban J connectivity index is 1.88. The summed E-state index contributed by atoms with van der Waals surface area (Å²) in [6, 6.07) is 0. The Morgan fingerprint density at radius 1 is 1.08 bits per heavy atom. The van der Waals surface area contributed by atoms with Crippen molar-refractivity contribution in [1.82, 2.24) is 9.78 Å². The van der Waals surface area contributed by atoms with E-state index < -0.39 is 5.97 Å². The summed E-state index contributed by atoms with van der Waals surface area (Å²) in [4.78, 5) is 11.3. The molecule has 0 aliphatic rings. The van der Waals surface area contributed by atoms with Gasteiger partial charge in [0, 0.05) is 6.20 Å². The number of hydrogen-bond acceptors (Lipinski definition) is 7. The van der Waals surface area contributed by atoms with Crippen LogP contribution in [0.1, 0.15) is 10.4 Å². The third-order valence-corrected chi connectivity index (χ3v) is 2.82. The smallest absolute Gasteiger partial charge is 0.341 e. The van der Waals surface area contributed by atoms with Crippen molar-refractivity contribution >= 4 is 5.97 Å². The van der Waals surface area contributed by atoms with Crippen LogP contribution in [0.5, 0.6) is 0 Å². The fraction of sp³-hybridized carbons (Fsp3) is 0.625. The molecule has 0 aromatic carbocycles. The zero-order chi connectivity index (χ0) is 17.5. The van der Waals surface area contributed by atoms with Gasteiger partial charge in [0.2, 0.25) is 0 Å². The van der Waals surface area contributed by atoms with Gasteiger partial charge in [0.15, 0.2) is 0 Å². The SMILES string of the molecule is C#CCOCCOCCOCCOCCn1cc(C(=O)OC)cn1. The molecule has 0 spiro atoms. The van der Waals surface area contributed by atoms with Gasteiger partial charge in [-0.05, 0) is 0 Å². The number of ether oxygens (including phenoxy) is 5. The normalized spacial score (nSPS) is 10.5. The van der Waals surface area contributed by atoms with Gasteiger partial charge in [-0.2, -0.15) is 5.10 Å². The van der Waals surface area contributed by atoms with E-state index in [9.17, 15) is 4.79 Å². The first-order valence-corrected chi connectivity index (χ1v) is 7.63. The van der Waals surface area contributed by atoms with E-state index in [0.29, 0.717) is 65.0 Å². The molecule has 0 aliphatic carbocycles. The largest absolute Gasteiger partial charge is 0.465 e. The fourth-order valence-electron chi connectivity index (χ4n) is 1.66. The minimum absolute atomic E-state index is 0.305. The molecule has 1 rings (SSSR count). The number of terminal acetylenes is 1. The summed E-state index contributed by atoms with van der Waals surface area (Å²) in [5.41, 5.74) is 0.422. The lowest BCUT2D eigenvalue weighted by molar-refractivity contribution is 0.000231. The van der Waals surface area contributed by atoms with E-state index in [1.165, 1.54) is 13.3 Å². The Morgan fingerprint density at radius 2 is 1.67 bits per heavy atom. The minimum atomic E-state index is -0.402. The van der Waals surface area contributed by atoms with Crippen LogP contribution < -0.4 is 0 Å².